The summed E-state index contributed by atoms with van der Waals surface area (Å²) in [5.41, 5.74) is 0.775. The normalized spacial score (nSPS) is 17.7. The molecule has 1 unspecified atom stereocenters. The van der Waals surface area contributed by atoms with Crippen LogP contribution >= 0.6 is 11.6 Å². The van der Waals surface area contributed by atoms with Crippen molar-refractivity contribution >= 4 is 29.4 Å². The van der Waals surface area contributed by atoms with E-state index in [4.69, 9.17) is 11.6 Å². The van der Waals surface area contributed by atoms with Crippen molar-refractivity contribution in [3.63, 3.8) is 0 Å². The minimum atomic E-state index is -0.682. The molecule has 1 heterocycles. The lowest BCUT2D eigenvalue weighted by atomic mass is 10.1. The van der Waals surface area contributed by atoms with Gasteiger partial charge in [0.15, 0.2) is 0 Å². The second-order valence-corrected chi connectivity index (χ2v) is 4.46. The molecule has 2 rings (SSSR count). The number of rotatable bonds is 2. The molecule has 1 aliphatic rings. The Labute approximate surface area is 109 Å². The third-order valence-electron chi connectivity index (χ3n) is 2.79. The first-order chi connectivity index (χ1) is 8.49. The number of amides is 4. The van der Waals surface area contributed by atoms with E-state index in [-0.39, 0.29) is 6.42 Å². The summed E-state index contributed by atoms with van der Waals surface area (Å²) in [6.45, 7) is 1.72. The first-order valence-corrected chi connectivity index (χ1v) is 5.78. The highest BCUT2D eigenvalue weighted by atomic mass is 35.5. The van der Waals surface area contributed by atoms with Crippen LogP contribution in [0.2, 0.25) is 5.02 Å². The third-order valence-corrected chi connectivity index (χ3v) is 3.04. The highest BCUT2D eigenvalue weighted by Gasteiger charge is 2.34. The second kappa shape index (κ2) is 4.78. The number of benzene rings is 1. The number of urea groups is 1. The largest absolute Gasteiger partial charge is 0.331 e. The van der Waals surface area contributed by atoms with Gasteiger partial charge in [0.05, 0.1) is 6.04 Å². The summed E-state index contributed by atoms with van der Waals surface area (Å²) in [5.74, 6) is -1.06. The summed E-state index contributed by atoms with van der Waals surface area (Å²) in [5, 5.41) is 2.70. The number of hydrogen-bond donors (Lipinski definition) is 1. The molecule has 1 saturated heterocycles. The van der Waals surface area contributed by atoms with Gasteiger partial charge in [-0.2, -0.15) is 0 Å². The molecular formula is C12H11ClN2O3. The third kappa shape index (κ3) is 2.36. The smallest absolute Gasteiger partial charge is 0.277 e. The zero-order valence-electron chi connectivity index (χ0n) is 9.64. The van der Waals surface area contributed by atoms with Crippen LogP contribution in [-0.2, 0) is 9.59 Å². The van der Waals surface area contributed by atoms with Crippen LogP contribution in [0, 0.1) is 0 Å². The molecule has 1 aromatic rings. The van der Waals surface area contributed by atoms with Gasteiger partial charge < -0.3 is 0 Å². The molecule has 0 spiro atoms. The number of nitrogens with one attached hydrogen (secondary N) is 1. The van der Waals surface area contributed by atoms with Gasteiger partial charge in [-0.05, 0) is 24.6 Å². The Hall–Kier alpha value is -1.88. The SMILES string of the molecule is CC(c1ccc(Cl)cc1)N1C(=O)CC(=O)NC1=O. The van der Waals surface area contributed by atoms with Gasteiger partial charge in [0.1, 0.15) is 6.42 Å². The maximum absolute atomic E-state index is 11.7. The summed E-state index contributed by atoms with van der Waals surface area (Å²) in [4.78, 5) is 35.4. The van der Waals surface area contributed by atoms with Crippen molar-refractivity contribution in [3.05, 3.63) is 34.9 Å². The first-order valence-electron chi connectivity index (χ1n) is 5.40. The predicted octanol–water partition coefficient (Wildman–Crippen LogP) is 1.87. The standard InChI is InChI=1S/C12H11ClN2O3/c1-7(8-2-4-9(13)5-3-8)15-11(17)6-10(16)14-12(15)18/h2-5,7H,6H2,1H3,(H,14,16,18). The van der Waals surface area contributed by atoms with Crippen molar-refractivity contribution in [3.8, 4) is 0 Å². The Kier molecular flexibility index (Phi) is 3.34. The van der Waals surface area contributed by atoms with Gasteiger partial charge in [0.2, 0.25) is 11.8 Å². The summed E-state index contributed by atoms with van der Waals surface area (Å²) in [6.07, 6.45) is -0.302. The molecule has 0 bridgehead atoms. The van der Waals surface area contributed by atoms with E-state index in [2.05, 4.69) is 5.32 Å². The van der Waals surface area contributed by atoms with E-state index < -0.39 is 23.9 Å². The maximum Gasteiger partial charge on any atom is 0.331 e. The van der Waals surface area contributed by atoms with E-state index >= 15 is 0 Å². The van der Waals surface area contributed by atoms with Crippen LogP contribution in [0.4, 0.5) is 4.79 Å². The molecule has 1 N–H and O–H groups in total. The lowest BCUT2D eigenvalue weighted by Gasteiger charge is -2.30. The number of nitrogens with zero attached hydrogens (tertiary/aromatic N) is 1. The van der Waals surface area contributed by atoms with Gasteiger partial charge in [-0.15, -0.1) is 0 Å². The summed E-state index contributed by atoms with van der Waals surface area (Å²) < 4.78 is 0. The molecule has 1 fully saturated rings. The van der Waals surface area contributed by atoms with Crippen molar-refractivity contribution in [1.29, 1.82) is 0 Å². The molecule has 94 valence electrons. The Bertz CT molecular complexity index is 493. The number of imide groups is 2. The highest BCUT2D eigenvalue weighted by Crippen LogP contribution is 2.24. The predicted molar refractivity (Wildman–Crippen MR) is 64.9 cm³/mol. The molecule has 5 nitrogen and oxygen atoms in total. The topological polar surface area (TPSA) is 66.5 Å². The molecular weight excluding hydrogens is 256 g/mol. The zero-order valence-corrected chi connectivity index (χ0v) is 10.4. The average Bonchev–Trinajstić information content (AvgIpc) is 2.28. The van der Waals surface area contributed by atoms with E-state index in [1.807, 2.05) is 0 Å². The van der Waals surface area contributed by atoms with Crippen LogP contribution in [0.15, 0.2) is 24.3 Å². The molecule has 0 aromatic heterocycles. The van der Waals surface area contributed by atoms with Crippen molar-refractivity contribution in [1.82, 2.24) is 10.2 Å². The van der Waals surface area contributed by atoms with E-state index in [0.29, 0.717) is 5.02 Å². The van der Waals surface area contributed by atoms with Crippen molar-refractivity contribution < 1.29 is 14.4 Å². The molecule has 18 heavy (non-hydrogen) atoms. The van der Waals surface area contributed by atoms with Crippen molar-refractivity contribution in [2.24, 2.45) is 0 Å². The number of halogens is 1. The first kappa shape index (κ1) is 12.6. The van der Waals surface area contributed by atoms with E-state index in [1.54, 1.807) is 31.2 Å². The summed E-state index contributed by atoms with van der Waals surface area (Å²) in [6, 6.07) is 5.73. The quantitative estimate of drug-likeness (QED) is 0.831. The van der Waals surface area contributed by atoms with Crippen LogP contribution in [0.5, 0.6) is 0 Å². The molecule has 1 atom stereocenters. The number of hydrogen-bond acceptors (Lipinski definition) is 3. The zero-order chi connectivity index (χ0) is 13.3. The van der Waals surface area contributed by atoms with Crippen LogP contribution in [0.3, 0.4) is 0 Å². The van der Waals surface area contributed by atoms with Crippen LogP contribution in [-0.4, -0.2) is 22.7 Å². The van der Waals surface area contributed by atoms with E-state index in [0.717, 1.165) is 10.5 Å². The van der Waals surface area contributed by atoms with Gasteiger partial charge in [-0.3, -0.25) is 19.8 Å². The summed E-state index contributed by atoms with van der Waals surface area (Å²) >= 11 is 5.77. The molecule has 1 aromatic carbocycles. The molecule has 0 saturated carbocycles. The minimum Gasteiger partial charge on any atom is -0.277 e. The van der Waals surface area contributed by atoms with E-state index in [1.165, 1.54) is 0 Å². The average molecular weight is 267 g/mol. The fourth-order valence-corrected chi connectivity index (χ4v) is 1.97. The van der Waals surface area contributed by atoms with Gasteiger partial charge >= 0.3 is 6.03 Å². The van der Waals surface area contributed by atoms with Crippen LogP contribution < -0.4 is 5.32 Å². The lowest BCUT2D eigenvalue weighted by Crippen LogP contribution is -2.53. The number of carbonyl (C=O) groups is 3. The van der Waals surface area contributed by atoms with E-state index in [9.17, 15) is 14.4 Å². The fraction of sp³-hybridized carbons (Fsp3) is 0.250. The molecule has 0 aliphatic carbocycles. The Balaban J connectivity index is 2.25. The fourth-order valence-electron chi connectivity index (χ4n) is 1.84. The molecule has 1 aliphatic heterocycles. The van der Waals surface area contributed by atoms with Crippen molar-refractivity contribution in [2.45, 2.75) is 19.4 Å². The number of barbiturate groups is 1. The van der Waals surface area contributed by atoms with Gasteiger partial charge in [-0.25, -0.2) is 4.79 Å². The summed E-state index contributed by atoms with van der Waals surface area (Å²) in [7, 11) is 0. The molecule has 6 heteroatoms. The van der Waals surface area contributed by atoms with Crippen LogP contribution in [0.25, 0.3) is 0 Å². The second-order valence-electron chi connectivity index (χ2n) is 4.02. The Morgan fingerprint density at radius 3 is 2.39 bits per heavy atom. The van der Waals surface area contributed by atoms with Gasteiger partial charge in [0, 0.05) is 5.02 Å². The highest BCUT2D eigenvalue weighted by molar-refractivity contribution is 6.30. The Morgan fingerprint density at radius 2 is 1.83 bits per heavy atom. The van der Waals surface area contributed by atoms with Crippen LogP contribution in [0.1, 0.15) is 24.9 Å². The molecule has 0 radical (unpaired) electrons. The van der Waals surface area contributed by atoms with Gasteiger partial charge in [0.25, 0.3) is 0 Å². The number of carbonyl (C=O) groups excluding carboxylic acids is 3. The minimum absolute atomic E-state index is 0.302. The lowest BCUT2D eigenvalue weighted by molar-refractivity contribution is -0.137. The maximum atomic E-state index is 11.7. The monoisotopic (exact) mass is 266 g/mol. The van der Waals surface area contributed by atoms with Crippen molar-refractivity contribution in [2.75, 3.05) is 0 Å². The molecule has 4 amide bonds. The van der Waals surface area contributed by atoms with Gasteiger partial charge in [-0.1, -0.05) is 23.7 Å². The Morgan fingerprint density at radius 1 is 1.22 bits per heavy atom.